The van der Waals surface area contributed by atoms with Crippen LogP contribution in [0.2, 0.25) is 0 Å². The summed E-state index contributed by atoms with van der Waals surface area (Å²) < 4.78 is 44.1. The molecule has 1 N–H and O–H groups in total. The first-order valence-electron chi connectivity index (χ1n) is 6.24. The number of halogens is 3. The molecule has 1 heterocycles. The summed E-state index contributed by atoms with van der Waals surface area (Å²) >= 11 is 0. The van der Waals surface area contributed by atoms with E-state index in [1.165, 1.54) is 18.2 Å². The lowest BCUT2D eigenvalue weighted by molar-refractivity contribution is -0.140. The van der Waals surface area contributed by atoms with Gasteiger partial charge in [0.25, 0.3) is 0 Å². The summed E-state index contributed by atoms with van der Waals surface area (Å²) in [5.74, 6) is 0. The van der Waals surface area contributed by atoms with Gasteiger partial charge in [0.1, 0.15) is 11.5 Å². The van der Waals surface area contributed by atoms with Crippen molar-refractivity contribution < 1.29 is 23.0 Å². The molecule has 1 aromatic rings. The van der Waals surface area contributed by atoms with Crippen molar-refractivity contribution in [1.82, 2.24) is 0 Å². The molecule has 1 aromatic carbocycles. The van der Waals surface area contributed by atoms with Gasteiger partial charge in [-0.15, -0.1) is 0 Å². The van der Waals surface area contributed by atoms with Crippen molar-refractivity contribution >= 4 is 0 Å². The molecule has 0 aromatic heterocycles. The Kier molecular flexibility index (Phi) is 4.02. The van der Waals surface area contributed by atoms with Gasteiger partial charge in [-0.25, -0.2) is 0 Å². The number of benzene rings is 1. The Bertz CT molecular complexity index is 516. The van der Waals surface area contributed by atoms with Crippen LogP contribution >= 0.6 is 0 Å². The first-order valence-corrected chi connectivity index (χ1v) is 6.24. The van der Waals surface area contributed by atoms with E-state index in [0.29, 0.717) is 19.4 Å². The summed E-state index contributed by atoms with van der Waals surface area (Å²) in [7, 11) is 0. The number of nitrogens with zero attached hydrogens (tertiary/aromatic N) is 1. The van der Waals surface area contributed by atoms with Crippen molar-refractivity contribution in [2.75, 3.05) is 13.2 Å². The minimum Gasteiger partial charge on any atom is -0.387 e. The standard InChI is InChI=1S/C14H14F3NO2/c15-14(16,17)11-5-2-1-4-10(11)12(19)13(8-18)6-3-7-20-9-13/h1-2,4-5,12,19H,3,6-7,9H2. The van der Waals surface area contributed by atoms with Gasteiger partial charge in [0.15, 0.2) is 0 Å². The van der Waals surface area contributed by atoms with E-state index in [-0.39, 0.29) is 12.2 Å². The molecule has 20 heavy (non-hydrogen) atoms. The fourth-order valence-electron chi connectivity index (χ4n) is 2.47. The smallest absolute Gasteiger partial charge is 0.387 e. The number of hydrogen-bond acceptors (Lipinski definition) is 3. The van der Waals surface area contributed by atoms with Gasteiger partial charge in [-0.1, -0.05) is 18.2 Å². The molecule has 6 heteroatoms. The van der Waals surface area contributed by atoms with E-state index in [9.17, 15) is 23.5 Å². The van der Waals surface area contributed by atoms with Crippen LogP contribution in [0.15, 0.2) is 24.3 Å². The molecule has 3 nitrogen and oxygen atoms in total. The third-order valence-electron chi connectivity index (χ3n) is 3.58. The topological polar surface area (TPSA) is 53.2 Å². The van der Waals surface area contributed by atoms with Gasteiger partial charge in [-0.2, -0.15) is 18.4 Å². The second-order valence-electron chi connectivity index (χ2n) is 4.91. The Balaban J connectivity index is 2.43. The maximum atomic E-state index is 13.0. The number of rotatable bonds is 2. The van der Waals surface area contributed by atoms with Crippen molar-refractivity contribution in [1.29, 1.82) is 5.26 Å². The lowest BCUT2D eigenvalue weighted by Gasteiger charge is -2.35. The Morgan fingerprint density at radius 2 is 2.05 bits per heavy atom. The highest BCUT2D eigenvalue weighted by Crippen LogP contribution is 2.44. The first kappa shape index (κ1) is 14.8. The highest BCUT2D eigenvalue weighted by Gasteiger charge is 2.45. The molecule has 0 saturated carbocycles. The van der Waals surface area contributed by atoms with Gasteiger partial charge in [0.05, 0.1) is 18.2 Å². The van der Waals surface area contributed by atoms with Gasteiger partial charge in [0.2, 0.25) is 0 Å². The predicted octanol–water partition coefficient (Wildman–Crippen LogP) is 3.06. The quantitative estimate of drug-likeness (QED) is 0.908. The predicted molar refractivity (Wildman–Crippen MR) is 64.5 cm³/mol. The summed E-state index contributed by atoms with van der Waals surface area (Å²) in [6.45, 7) is 0.397. The first-order chi connectivity index (χ1) is 9.41. The molecule has 0 amide bonds. The summed E-state index contributed by atoms with van der Waals surface area (Å²) in [6, 6.07) is 6.75. The number of alkyl halides is 3. The van der Waals surface area contributed by atoms with Crippen LogP contribution in [0, 0.1) is 16.7 Å². The average Bonchev–Trinajstić information content (AvgIpc) is 2.46. The Labute approximate surface area is 114 Å². The molecular formula is C14H14F3NO2. The number of hydrogen-bond donors (Lipinski definition) is 1. The molecule has 2 rings (SSSR count). The van der Waals surface area contributed by atoms with Crippen molar-refractivity contribution in [3.8, 4) is 6.07 Å². The molecule has 0 radical (unpaired) electrons. The molecule has 1 fully saturated rings. The Morgan fingerprint density at radius 1 is 1.35 bits per heavy atom. The van der Waals surface area contributed by atoms with Gasteiger partial charge in [-0.3, -0.25) is 0 Å². The number of aliphatic hydroxyl groups excluding tert-OH is 1. The molecule has 0 bridgehead atoms. The van der Waals surface area contributed by atoms with Gasteiger partial charge in [0, 0.05) is 6.61 Å². The minimum atomic E-state index is -4.57. The molecule has 2 atom stereocenters. The normalized spacial score (nSPS) is 24.9. The molecule has 108 valence electrons. The number of nitriles is 1. The summed E-state index contributed by atoms with van der Waals surface area (Å²) in [6.07, 6.45) is -5.23. The molecule has 0 spiro atoms. The second-order valence-corrected chi connectivity index (χ2v) is 4.91. The van der Waals surface area contributed by atoms with Crippen LogP contribution in [0.4, 0.5) is 13.2 Å². The summed E-state index contributed by atoms with van der Waals surface area (Å²) in [5, 5.41) is 19.6. The fraction of sp³-hybridized carbons (Fsp3) is 0.500. The van der Waals surface area contributed by atoms with Crippen LogP contribution in [0.3, 0.4) is 0 Å². The van der Waals surface area contributed by atoms with Crippen molar-refractivity contribution in [3.05, 3.63) is 35.4 Å². The highest BCUT2D eigenvalue weighted by atomic mass is 19.4. The number of ether oxygens (including phenoxy) is 1. The van der Waals surface area contributed by atoms with Crippen LogP contribution in [0.5, 0.6) is 0 Å². The number of aliphatic hydroxyl groups is 1. The van der Waals surface area contributed by atoms with Crippen molar-refractivity contribution in [3.63, 3.8) is 0 Å². The molecule has 1 aliphatic heterocycles. The zero-order valence-corrected chi connectivity index (χ0v) is 10.7. The van der Waals surface area contributed by atoms with Crippen LogP contribution in [0.1, 0.15) is 30.1 Å². The zero-order valence-electron chi connectivity index (χ0n) is 10.7. The molecule has 2 unspecified atom stereocenters. The van der Waals surface area contributed by atoms with E-state index in [0.717, 1.165) is 6.07 Å². The Hall–Kier alpha value is -1.58. The second kappa shape index (κ2) is 5.43. The van der Waals surface area contributed by atoms with Crippen molar-refractivity contribution in [2.45, 2.75) is 25.1 Å². The van der Waals surface area contributed by atoms with E-state index in [1.807, 2.05) is 6.07 Å². The lowest BCUT2D eigenvalue weighted by Crippen LogP contribution is -2.37. The highest BCUT2D eigenvalue weighted by molar-refractivity contribution is 5.34. The average molecular weight is 285 g/mol. The van der Waals surface area contributed by atoms with E-state index < -0.39 is 23.3 Å². The van der Waals surface area contributed by atoms with Gasteiger partial charge in [-0.05, 0) is 24.5 Å². The minimum absolute atomic E-state index is 0.0587. The van der Waals surface area contributed by atoms with E-state index in [4.69, 9.17) is 4.74 Å². The third-order valence-corrected chi connectivity index (χ3v) is 3.58. The van der Waals surface area contributed by atoms with Crippen LogP contribution < -0.4 is 0 Å². The lowest BCUT2D eigenvalue weighted by atomic mass is 9.75. The Morgan fingerprint density at radius 3 is 2.60 bits per heavy atom. The van der Waals surface area contributed by atoms with Crippen LogP contribution in [-0.2, 0) is 10.9 Å². The fourth-order valence-corrected chi connectivity index (χ4v) is 2.47. The van der Waals surface area contributed by atoms with Crippen molar-refractivity contribution in [2.24, 2.45) is 5.41 Å². The van der Waals surface area contributed by atoms with Gasteiger partial charge >= 0.3 is 6.18 Å². The maximum Gasteiger partial charge on any atom is 0.416 e. The SMILES string of the molecule is N#CC1(C(O)c2ccccc2C(F)(F)F)CCCOC1. The van der Waals surface area contributed by atoms with Crippen LogP contribution in [0.25, 0.3) is 0 Å². The summed E-state index contributed by atoms with van der Waals surface area (Å²) in [5.41, 5.74) is -2.50. The van der Waals surface area contributed by atoms with E-state index in [1.54, 1.807) is 0 Å². The van der Waals surface area contributed by atoms with Gasteiger partial charge < -0.3 is 9.84 Å². The molecule has 0 aliphatic carbocycles. The zero-order chi connectivity index (χ0) is 14.8. The third kappa shape index (κ3) is 2.65. The summed E-state index contributed by atoms with van der Waals surface area (Å²) in [4.78, 5) is 0. The van der Waals surface area contributed by atoms with Crippen LogP contribution in [-0.4, -0.2) is 18.3 Å². The maximum absolute atomic E-state index is 13.0. The largest absolute Gasteiger partial charge is 0.416 e. The van der Waals surface area contributed by atoms with E-state index >= 15 is 0 Å². The molecule has 1 aliphatic rings. The molecule has 1 saturated heterocycles. The monoisotopic (exact) mass is 285 g/mol. The van der Waals surface area contributed by atoms with E-state index in [2.05, 4.69) is 0 Å². The molecular weight excluding hydrogens is 271 g/mol.